The number of aliphatic hydroxyl groups excluding tert-OH is 1. The van der Waals surface area contributed by atoms with E-state index in [1.807, 2.05) is 0 Å². The van der Waals surface area contributed by atoms with Gasteiger partial charge in [0, 0.05) is 13.2 Å². The average Bonchev–Trinajstić information content (AvgIpc) is 2.18. The van der Waals surface area contributed by atoms with Crippen molar-refractivity contribution >= 4 is 0 Å². The molecule has 3 nitrogen and oxygen atoms in total. The van der Waals surface area contributed by atoms with Crippen LogP contribution in [0.3, 0.4) is 0 Å². The van der Waals surface area contributed by atoms with Crippen LogP contribution < -0.4 is 5.73 Å². The van der Waals surface area contributed by atoms with Gasteiger partial charge in [0.1, 0.15) is 0 Å². The maximum absolute atomic E-state index is 8.75. The van der Waals surface area contributed by atoms with Crippen LogP contribution in [0, 0.1) is 5.41 Å². The van der Waals surface area contributed by atoms with E-state index in [9.17, 15) is 0 Å². The van der Waals surface area contributed by atoms with Gasteiger partial charge < -0.3 is 15.7 Å². The maximum atomic E-state index is 8.75. The van der Waals surface area contributed by atoms with Crippen LogP contribution in [0.1, 0.15) is 40.0 Å². The van der Waals surface area contributed by atoms with Gasteiger partial charge in [-0.05, 0) is 44.3 Å². The molecule has 0 heterocycles. The first kappa shape index (κ1) is 14.9. The van der Waals surface area contributed by atoms with Crippen molar-refractivity contribution in [2.75, 3.05) is 32.8 Å². The Labute approximate surface area is 94.6 Å². The second kappa shape index (κ2) is 8.08. The lowest BCUT2D eigenvalue weighted by Gasteiger charge is -2.31. The van der Waals surface area contributed by atoms with Crippen LogP contribution in [0.15, 0.2) is 0 Å². The molecule has 0 aliphatic carbocycles. The summed E-state index contributed by atoms with van der Waals surface area (Å²) in [6.45, 7) is 10.9. The van der Waals surface area contributed by atoms with Gasteiger partial charge in [0.05, 0.1) is 0 Å². The van der Waals surface area contributed by atoms with Gasteiger partial charge in [-0.25, -0.2) is 0 Å². The highest BCUT2D eigenvalue weighted by molar-refractivity contribution is 4.74. The Bertz CT molecular complexity index is 149. The van der Waals surface area contributed by atoms with Crippen molar-refractivity contribution in [2.45, 2.75) is 40.0 Å². The van der Waals surface area contributed by atoms with E-state index in [1.54, 1.807) is 0 Å². The molecule has 0 aromatic heterocycles. The lowest BCUT2D eigenvalue weighted by molar-refractivity contribution is 0.175. The highest BCUT2D eigenvalue weighted by atomic mass is 16.2. The molecule has 0 bridgehead atoms. The molecule has 0 aromatic rings. The summed E-state index contributed by atoms with van der Waals surface area (Å²) >= 11 is 0. The van der Waals surface area contributed by atoms with E-state index in [0.717, 1.165) is 39.0 Å². The van der Waals surface area contributed by atoms with Gasteiger partial charge in [0.25, 0.3) is 0 Å². The summed E-state index contributed by atoms with van der Waals surface area (Å²) in [5, 5.41) is 8.75. The quantitative estimate of drug-likeness (QED) is 0.574. The number of hydrogen-bond donors (Lipinski definition) is 2. The number of aliphatic hydroxyl groups is 1. The van der Waals surface area contributed by atoms with E-state index in [4.69, 9.17) is 10.8 Å². The van der Waals surface area contributed by atoms with Crippen molar-refractivity contribution in [1.29, 1.82) is 0 Å². The van der Waals surface area contributed by atoms with Crippen LogP contribution in [0.5, 0.6) is 0 Å². The normalized spacial score (nSPS) is 12.4. The van der Waals surface area contributed by atoms with Crippen molar-refractivity contribution in [3.05, 3.63) is 0 Å². The van der Waals surface area contributed by atoms with Gasteiger partial charge in [-0.2, -0.15) is 0 Å². The van der Waals surface area contributed by atoms with E-state index < -0.39 is 0 Å². The Morgan fingerprint density at radius 1 is 1.20 bits per heavy atom. The summed E-state index contributed by atoms with van der Waals surface area (Å²) in [5.74, 6) is 0. The van der Waals surface area contributed by atoms with Crippen LogP contribution in [0.25, 0.3) is 0 Å². The monoisotopic (exact) mass is 216 g/mol. The van der Waals surface area contributed by atoms with Crippen LogP contribution >= 0.6 is 0 Å². The predicted molar refractivity (Wildman–Crippen MR) is 65.9 cm³/mol. The molecular formula is C12H28N2O. The first-order valence-corrected chi connectivity index (χ1v) is 6.09. The largest absolute Gasteiger partial charge is 0.396 e. The van der Waals surface area contributed by atoms with E-state index in [0.29, 0.717) is 6.61 Å². The molecule has 92 valence electrons. The standard InChI is InChI=1S/C12H28N2O/c1-4-7-14(8-5-6-9-15)11-12(2,3)10-13/h15H,4-11,13H2,1-3H3. The minimum absolute atomic E-state index is 0.203. The molecule has 0 atom stereocenters. The lowest BCUT2D eigenvalue weighted by Crippen LogP contribution is -2.39. The lowest BCUT2D eigenvalue weighted by atomic mass is 9.93. The molecule has 0 radical (unpaired) electrons. The number of nitrogens with zero attached hydrogens (tertiary/aromatic N) is 1. The molecule has 3 heteroatoms. The van der Waals surface area contributed by atoms with Crippen LogP contribution in [-0.2, 0) is 0 Å². The Hall–Kier alpha value is -0.120. The smallest absolute Gasteiger partial charge is 0.0431 e. The Morgan fingerprint density at radius 3 is 2.33 bits per heavy atom. The molecular weight excluding hydrogens is 188 g/mol. The van der Waals surface area contributed by atoms with Crippen molar-refractivity contribution < 1.29 is 5.11 Å². The summed E-state index contributed by atoms with van der Waals surface area (Å²) in [6.07, 6.45) is 3.17. The summed E-state index contributed by atoms with van der Waals surface area (Å²) in [4.78, 5) is 2.46. The molecule has 0 saturated heterocycles. The zero-order valence-electron chi connectivity index (χ0n) is 10.6. The van der Waals surface area contributed by atoms with Crippen molar-refractivity contribution in [2.24, 2.45) is 11.1 Å². The molecule has 0 saturated carbocycles. The highest BCUT2D eigenvalue weighted by Gasteiger charge is 2.19. The van der Waals surface area contributed by atoms with E-state index in [1.165, 1.54) is 6.42 Å². The zero-order chi connectivity index (χ0) is 11.7. The Morgan fingerprint density at radius 2 is 1.87 bits per heavy atom. The molecule has 0 aromatic carbocycles. The number of unbranched alkanes of at least 4 members (excludes halogenated alkanes) is 1. The second-order valence-electron chi connectivity index (χ2n) is 5.08. The SMILES string of the molecule is CCCN(CCCCO)CC(C)(C)CN. The molecule has 15 heavy (non-hydrogen) atoms. The minimum atomic E-state index is 0.203. The Balaban J connectivity index is 3.91. The highest BCUT2D eigenvalue weighted by Crippen LogP contribution is 2.15. The van der Waals surface area contributed by atoms with Gasteiger partial charge in [-0.15, -0.1) is 0 Å². The van der Waals surface area contributed by atoms with Crippen LogP contribution in [0.4, 0.5) is 0 Å². The maximum Gasteiger partial charge on any atom is 0.0431 e. The van der Waals surface area contributed by atoms with Gasteiger partial charge in [0.15, 0.2) is 0 Å². The van der Waals surface area contributed by atoms with Gasteiger partial charge in [-0.3, -0.25) is 0 Å². The van der Waals surface area contributed by atoms with Gasteiger partial charge >= 0.3 is 0 Å². The van der Waals surface area contributed by atoms with Gasteiger partial charge in [0.2, 0.25) is 0 Å². The molecule has 0 spiro atoms. The summed E-state index contributed by atoms with van der Waals surface area (Å²) in [7, 11) is 0. The molecule has 0 aliphatic rings. The topological polar surface area (TPSA) is 49.5 Å². The van der Waals surface area contributed by atoms with Crippen LogP contribution in [-0.4, -0.2) is 42.8 Å². The summed E-state index contributed by atoms with van der Waals surface area (Å²) in [6, 6.07) is 0. The predicted octanol–water partition coefficient (Wildman–Crippen LogP) is 1.46. The average molecular weight is 216 g/mol. The third-order valence-corrected chi connectivity index (χ3v) is 2.63. The fourth-order valence-corrected chi connectivity index (χ4v) is 1.70. The first-order valence-electron chi connectivity index (χ1n) is 6.09. The molecule has 0 unspecified atom stereocenters. The fraction of sp³-hybridized carbons (Fsp3) is 1.00. The fourth-order valence-electron chi connectivity index (χ4n) is 1.70. The van der Waals surface area contributed by atoms with Crippen molar-refractivity contribution in [1.82, 2.24) is 4.90 Å². The third kappa shape index (κ3) is 7.77. The first-order chi connectivity index (χ1) is 7.05. The summed E-state index contributed by atoms with van der Waals surface area (Å²) < 4.78 is 0. The van der Waals surface area contributed by atoms with Crippen molar-refractivity contribution in [3.8, 4) is 0 Å². The molecule has 0 amide bonds. The molecule has 3 N–H and O–H groups in total. The van der Waals surface area contributed by atoms with Gasteiger partial charge in [-0.1, -0.05) is 20.8 Å². The Kier molecular flexibility index (Phi) is 8.02. The molecule has 0 rings (SSSR count). The van der Waals surface area contributed by atoms with E-state index in [2.05, 4.69) is 25.7 Å². The third-order valence-electron chi connectivity index (χ3n) is 2.63. The minimum Gasteiger partial charge on any atom is -0.396 e. The van der Waals surface area contributed by atoms with Crippen molar-refractivity contribution in [3.63, 3.8) is 0 Å². The van der Waals surface area contributed by atoms with E-state index in [-0.39, 0.29) is 5.41 Å². The molecule has 0 fully saturated rings. The van der Waals surface area contributed by atoms with Crippen LogP contribution in [0.2, 0.25) is 0 Å². The van der Waals surface area contributed by atoms with E-state index >= 15 is 0 Å². The number of hydrogen-bond acceptors (Lipinski definition) is 3. The summed E-state index contributed by atoms with van der Waals surface area (Å²) in [5.41, 5.74) is 5.94. The zero-order valence-corrected chi connectivity index (χ0v) is 10.6. The second-order valence-corrected chi connectivity index (χ2v) is 5.08. The number of nitrogens with two attached hydrogens (primary N) is 1. The number of rotatable bonds is 9. The molecule has 0 aliphatic heterocycles.